The molecular formula is C19H34IN3O3. The van der Waals surface area contributed by atoms with Gasteiger partial charge in [-0.1, -0.05) is 12.1 Å². The van der Waals surface area contributed by atoms with Crippen LogP contribution in [0.4, 0.5) is 0 Å². The predicted octanol–water partition coefficient (Wildman–Crippen LogP) is 3.12. The summed E-state index contributed by atoms with van der Waals surface area (Å²) in [6.07, 6.45) is 2.05. The third kappa shape index (κ3) is 10.8. The second-order valence-electron chi connectivity index (χ2n) is 5.75. The van der Waals surface area contributed by atoms with Crippen LogP contribution in [0.5, 0.6) is 5.75 Å². The molecule has 7 heteroatoms. The number of rotatable bonds is 12. The number of ether oxygens (including phenoxy) is 3. The fourth-order valence-corrected chi connectivity index (χ4v) is 2.27. The van der Waals surface area contributed by atoms with Crippen molar-refractivity contribution in [1.82, 2.24) is 10.6 Å². The molecule has 0 radical (unpaired) electrons. The third-order valence-electron chi connectivity index (χ3n) is 3.63. The first kappa shape index (κ1) is 24.9. The fourth-order valence-electron chi connectivity index (χ4n) is 2.27. The minimum absolute atomic E-state index is 0. The fraction of sp³-hybridized carbons (Fsp3) is 0.632. The molecule has 1 rings (SSSR count). The van der Waals surface area contributed by atoms with Gasteiger partial charge in [-0.2, -0.15) is 0 Å². The zero-order valence-electron chi connectivity index (χ0n) is 16.5. The van der Waals surface area contributed by atoms with Crippen molar-refractivity contribution >= 4 is 29.9 Å². The van der Waals surface area contributed by atoms with E-state index in [1.54, 1.807) is 14.2 Å². The summed E-state index contributed by atoms with van der Waals surface area (Å²) in [5.41, 5.74) is 2.26. The highest BCUT2D eigenvalue weighted by atomic mass is 127. The van der Waals surface area contributed by atoms with E-state index in [1.165, 1.54) is 5.56 Å². The summed E-state index contributed by atoms with van der Waals surface area (Å²) in [6, 6.07) is 6.19. The Morgan fingerprint density at radius 3 is 2.58 bits per heavy atom. The SMILES string of the molecule is CCNC(=NCc1ccc(C)cc1OC)NCCCCOCCOC.I. The molecule has 0 aromatic heterocycles. The smallest absolute Gasteiger partial charge is 0.191 e. The Morgan fingerprint density at radius 2 is 1.88 bits per heavy atom. The molecule has 0 saturated carbocycles. The van der Waals surface area contributed by atoms with Crippen LogP contribution in [0.1, 0.15) is 30.9 Å². The van der Waals surface area contributed by atoms with E-state index in [0.29, 0.717) is 19.8 Å². The molecule has 0 fully saturated rings. The number of methoxy groups -OCH3 is 2. The van der Waals surface area contributed by atoms with Crippen molar-refractivity contribution in [3.8, 4) is 5.75 Å². The van der Waals surface area contributed by atoms with Gasteiger partial charge in [0.25, 0.3) is 0 Å². The average molecular weight is 479 g/mol. The summed E-state index contributed by atoms with van der Waals surface area (Å²) < 4.78 is 15.8. The molecule has 26 heavy (non-hydrogen) atoms. The van der Waals surface area contributed by atoms with Gasteiger partial charge in [0, 0.05) is 32.4 Å². The lowest BCUT2D eigenvalue weighted by Gasteiger charge is -2.12. The number of unbranched alkanes of at least 4 members (excludes halogenated alkanes) is 1. The Morgan fingerprint density at radius 1 is 1.08 bits per heavy atom. The van der Waals surface area contributed by atoms with Gasteiger partial charge in [0.05, 0.1) is 26.9 Å². The lowest BCUT2D eigenvalue weighted by Crippen LogP contribution is -2.37. The van der Waals surface area contributed by atoms with Crippen molar-refractivity contribution in [3.05, 3.63) is 29.3 Å². The highest BCUT2D eigenvalue weighted by molar-refractivity contribution is 14.0. The normalized spacial score (nSPS) is 11.0. The molecule has 0 aliphatic heterocycles. The second-order valence-corrected chi connectivity index (χ2v) is 5.75. The lowest BCUT2D eigenvalue weighted by atomic mass is 10.1. The standard InChI is InChI=1S/C19H33N3O3.HI/c1-5-20-19(21-10-6-7-11-25-13-12-23-3)22-15-17-9-8-16(2)14-18(17)24-4;/h8-9,14H,5-7,10-13,15H2,1-4H3,(H2,20,21,22);1H. The Kier molecular flexibility index (Phi) is 15.5. The van der Waals surface area contributed by atoms with Crippen LogP contribution in [-0.4, -0.2) is 53.1 Å². The van der Waals surface area contributed by atoms with Crippen LogP contribution in [0.3, 0.4) is 0 Å². The van der Waals surface area contributed by atoms with Gasteiger partial charge < -0.3 is 24.8 Å². The minimum atomic E-state index is 0. The summed E-state index contributed by atoms with van der Waals surface area (Å²) in [4.78, 5) is 4.65. The van der Waals surface area contributed by atoms with Gasteiger partial charge in [0.2, 0.25) is 0 Å². The minimum Gasteiger partial charge on any atom is -0.496 e. The summed E-state index contributed by atoms with van der Waals surface area (Å²) in [5, 5.41) is 6.63. The van der Waals surface area contributed by atoms with E-state index in [1.807, 2.05) is 6.07 Å². The quantitative estimate of drug-likeness (QED) is 0.209. The third-order valence-corrected chi connectivity index (χ3v) is 3.63. The first-order chi connectivity index (χ1) is 12.2. The highest BCUT2D eigenvalue weighted by Crippen LogP contribution is 2.20. The van der Waals surface area contributed by atoms with E-state index in [0.717, 1.165) is 49.8 Å². The van der Waals surface area contributed by atoms with E-state index in [9.17, 15) is 0 Å². The summed E-state index contributed by atoms with van der Waals surface area (Å²) in [7, 11) is 3.38. The number of hydrogen-bond donors (Lipinski definition) is 2. The van der Waals surface area contributed by atoms with Crippen molar-refractivity contribution in [2.45, 2.75) is 33.2 Å². The Hall–Kier alpha value is -1.06. The molecular weight excluding hydrogens is 445 g/mol. The monoisotopic (exact) mass is 479 g/mol. The molecule has 1 aromatic rings. The van der Waals surface area contributed by atoms with Gasteiger partial charge in [0.1, 0.15) is 5.75 Å². The van der Waals surface area contributed by atoms with Crippen LogP contribution in [-0.2, 0) is 16.0 Å². The number of nitrogens with zero attached hydrogens (tertiary/aromatic N) is 1. The highest BCUT2D eigenvalue weighted by Gasteiger charge is 2.03. The van der Waals surface area contributed by atoms with Gasteiger partial charge in [-0.05, 0) is 38.3 Å². The average Bonchev–Trinajstić information content (AvgIpc) is 2.62. The van der Waals surface area contributed by atoms with Crippen LogP contribution >= 0.6 is 24.0 Å². The zero-order chi connectivity index (χ0) is 18.3. The zero-order valence-corrected chi connectivity index (χ0v) is 18.8. The van der Waals surface area contributed by atoms with Crippen LogP contribution in [0.2, 0.25) is 0 Å². The summed E-state index contributed by atoms with van der Waals surface area (Å²) in [5.74, 6) is 1.71. The van der Waals surface area contributed by atoms with Crippen molar-refractivity contribution < 1.29 is 14.2 Å². The maximum atomic E-state index is 5.46. The second kappa shape index (κ2) is 16.1. The molecule has 0 aliphatic carbocycles. The molecule has 0 bridgehead atoms. The predicted molar refractivity (Wildman–Crippen MR) is 118 cm³/mol. The van der Waals surface area contributed by atoms with Crippen molar-refractivity contribution in [1.29, 1.82) is 0 Å². The number of hydrogen-bond acceptors (Lipinski definition) is 4. The number of halogens is 1. The molecule has 0 saturated heterocycles. The number of aliphatic imine (C=N–C) groups is 1. The number of aryl methyl sites for hydroxylation is 1. The van der Waals surface area contributed by atoms with E-state index < -0.39 is 0 Å². The number of nitrogens with one attached hydrogen (secondary N) is 2. The molecule has 0 spiro atoms. The van der Waals surface area contributed by atoms with Crippen molar-refractivity contribution in [2.75, 3.05) is 47.1 Å². The van der Waals surface area contributed by atoms with Gasteiger partial charge in [-0.3, -0.25) is 0 Å². The molecule has 150 valence electrons. The number of benzene rings is 1. The van der Waals surface area contributed by atoms with Gasteiger partial charge in [0.15, 0.2) is 5.96 Å². The molecule has 0 amide bonds. The molecule has 6 nitrogen and oxygen atoms in total. The van der Waals surface area contributed by atoms with Crippen molar-refractivity contribution in [2.24, 2.45) is 4.99 Å². The topological polar surface area (TPSA) is 64.1 Å². The van der Waals surface area contributed by atoms with E-state index in [-0.39, 0.29) is 24.0 Å². The molecule has 0 atom stereocenters. The van der Waals surface area contributed by atoms with E-state index >= 15 is 0 Å². The summed E-state index contributed by atoms with van der Waals surface area (Å²) >= 11 is 0. The van der Waals surface area contributed by atoms with Crippen LogP contribution in [0.15, 0.2) is 23.2 Å². The Balaban J connectivity index is 0.00000625. The van der Waals surface area contributed by atoms with E-state index in [2.05, 4.69) is 41.6 Å². The molecule has 0 heterocycles. The first-order valence-electron chi connectivity index (χ1n) is 8.93. The maximum Gasteiger partial charge on any atom is 0.191 e. The van der Waals surface area contributed by atoms with Crippen LogP contribution in [0.25, 0.3) is 0 Å². The number of guanidine groups is 1. The summed E-state index contributed by atoms with van der Waals surface area (Å²) in [6.45, 7) is 8.47. The van der Waals surface area contributed by atoms with Crippen LogP contribution < -0.4 is 15.4 Å². The Bertz CT molecular complexity index is 513. The molecule has 0 unspecified atom stereocenters. The lowest BCUT2D eigenvalue weighted by molar-refractivity contribution is 0.0689. The van der Waals surface area contributed by atoms with E-state index in [4.69, 9.17) is 14.2 Å². The molecule has 1 aromatic carbocycles. The Labute approximate surface area is 175 Å². The van der Waals surface area contributed by atoms with Gasteiger partial charge in [-0.25, -0.2) is 4.99 Å². The largest absolute Gasteiger partial charge is 0.496 e. The van der Waals surface area contributed by atoms with Crippen LogP contribution in [0, 0.1) is 6.92 Å². The van der Waals surface area contributed by atoms with Gasteiger partial charge in [-0.15, -0.1) is 24.0 Å². The molecule has 2 N–H and O–H groups in total. The van der Waals surface area contributed by atoms with Gasteiger partial charge >= 0.3 is 0 Å². The van der Waals surface area contributed by atoms with Crippen molar-refractivity contribution in [3.63, 3.8) is 0 Å². The maximum absolute atomic E-state index is 5.46. The first-order valence-corrected chi connectivity index (χ1v) is 8.93. The molecule has 0 aliphatic rings.